The number of nitrogen functional groups attached to an aromatic ring is 1. The molecule has 9 heteroatoms. The average molecular weight is 295 g/mol. The second-order valence-corrected chi connectivity index (χ2v) is 6.10. The Bertz CT molecular complexity index is 738. The molecule has 1 aromatic heterocycles. The summed E-state index contributed by atoms with van der Waals surface area (Å²) < 4.78 is 24.5. The number of amides is 1. The van der Waals surface area contributed by atoms with Crippen molar-refractivity contribution < 1.29 is 13.2 Å². The molecule has 3 N–H and O–H groups in total. The maximum atomic E-state index is 11.8. The summed E-state index contributed by atoms with van der Waals surface area (Å²) >= 11 is 0. The zero-order chi connectivity index (χ0) is 14.8. The lowest BCUT2D eigenvalue weighted by Crippen LogP contribution is -2.20. The van der Waals surface area contributed by atoms with E-state index in [1.54, 1.807) is 12.1 Å². The van der Waals surface area contributed by atoms with Gasteiger partial charge < -0.3 is 11.1 Å². The van der Waals surface area contributed by atoms with Gasteiger partial charge in [0.05, 0.1) is 10.6 Å². The van der Waals surface area contributed by atoms with E-state index in [4.69, 9.17) is 5.73 Å². The number of benzene rings is 1. The van der Waals surface area contributed by atoms with Crippen LogP contribution in [-0.4, -0.2) is 35.3 Å². The van der Waals surface area contributed by atoms with Gasteiger partial charge >= 0.3 is 0 Å². The summed E-state index contributed by atoms with van der Waals surface area (Å²) in [5.74, 6) is -0.361. The van der Waals surface area contributed by atoms with Gasteiger partial charge in [-0.2, -0.15) is 0 Å². The molecule has 1 heterocycles. The first kappa shape index (κ1) is 14.0. The molecule has 0 unspecified atom stereocenters. The van der Waals surface area contributed by atoms with Crippen LogP contribution in [0.2, 0.25) is 0 Å². The molecule has 0 saturated heterocycles. The minimum absolute atomic E-state index is 0.0615. The lowest BCUT2D eigenvalue weighted by atomic mass is 10.3. The van der Waals surface area contributed by atoms with Gasteiger partial charge in [-0.1, -0.05) is 12.1 Å². The van der Waals surface area contributed by atoms with Crippen LogP contribution in [0.5, 0.6) is 0 Å². The maximum absolute atomic E-state index is 11.8. The second-order valence-electron chi connectivity index (χ2n) is 4.12. The van der Waals surface area contributed by atoms with Crippen LogP contribution in [0.1, 0.15) is 0 Å². The Morgan fingerprint density at radius 1 is 1.40 bits per heavy atom. The Labute approximate surface area is 115 Å². The van der Waals surface area contributed by atoms with E-state index in [2.05, 4.69) is 15.4 Å². The third kappa shape index (κ3) is 3.32. The predicted octanol–water partition coefficient (Wildman–Crippen LogP) is -0.0975. The fourth-order valence-electron chi connectivity index (χ4n) is 1.62. The molecule has 0 aliphatic rings. The number of aromatic nitrogens is 3. The Morgan fingerprint density at radius 2 is 2.10 bits per heavy atom. The molecule has 0 spiro atoms. The smallest absolute Gasteiger partial charge is 0.246 e. The molecule has 20 heavy (non-hydrogen) atoms. The van der Waals surface area contributed by atoms with Crippen LogP contribution in [0, 0.1) is 0 Å². The highest BCUT2D eigenvalue weighted by Crippen LogP contribution is 2.20. The number of nitrogens with one attached hydrogen (secondary N) is 1. The number of hydrogen-bond acceptors (Lipinski definition) is 6. The highest BCUT2D eigenvalue weighted by atomic mass is 32.2. The Morgan fingerprint density at radius 3 is 2.70 bits per heavy atom. The van der Waals surface area contributed by atoms with Crippen molar-refractivity contribution in [2.45, 2.75) is 11.4 Å². The molecular weight excluding hydrogens is 282 g/mol. The van der Waals surface area contributed by atoms with Crippen molar-refractivity contribution in [2.24, 2.45) is 0 Å². The topological polar surface area (TPSA) is 120 Å². The van der Waals surface area contributed by atoms with E-state index in [0.29, 0.717) is 0 Å². The highest BCUT2D eigenvalue weighted by molar-refractivity contribution is 7.90. The summed E-state index contributed by atoms with van der Waals surface area (Å²) in [7, 11) is -3.42. The summed E-state index contributed by atoms with van der Waals surface area (Å²) in [6.45, 7) is -0.109. The van der Waals surface area contributed by atoms with Crippen molar-refractivity contribution in [3.63, 3.8) is 0 Å². The molecule has 8 nitrogen and oxygen atoms in total. The quantitative estimate of drug-likeness (QED) is 0.813. The number of rotatable bonds is 4. The van der Waals surface area contributed by atoms with E-state index >= 15 is 0 Å². The molecule has 1 amide bonds. The zero-order valence-electron chi connectivity index (χ0n) is 10.6. The number of hydrogen-bond donors (Lipinski definition) is 2. The van der Waals surface area contributed by atoms with Gasteiger partial charge in [-0.05, 0) is 12.1 Å². The molecule has 0 aliphatic carbocycles. The van der Waals surface area contributed by atoms with Crippen molar-refractivity contribution in [3.8, 4) is 0 Å². The average Bonchev–Trinajstić information content (AvgIpc) is 2.73. The third-order valence-electron chi connectivity index (χ3n) is 2.42. The summed E-state index contributed by atoms with van der Waals surface area (Å²) in [4.78, 5) is 15.6. The molecule has 0 fully saturated rings. The molecule has 0 aliphatic heterocycles. The first-order valence-electron chi connectivity index (χ1n) is 5.60. The Balaban J connectivity index is 2.16. The van der Waals surface area contributed by atoms with Gasteiger partial charge in [0.25, 0.3) is 0 Å². The van der Waals surface area contributed by atoms with E-state index in [0.717, 1.165) is 6.26 Å². The van der Waals surface area contributed by atoms with Crippen LogP contribution in [0.3, 0.4) is 0 Å². The van der Waals surface area contributed by atoms with Crippen LogP contribution in [0.15, 0.2) is 35.5 Å². The van der Waals surface area contributed by atoms with Gasteiger partial charge in [0, 0.05) is 6.26 Å². The van der Waals surface area contributed by atoms with Crippen LogP contribution >= 0.6 is 0 Å². The second kappa shape index (κ2) is 5.29. The minimum atomic E-state index is -3.42. The number of nitrogens with zero attached hydrogens (tertiary/aromatic N) is 3. The zero-order valence-corrected chi connectivity index (χ0v) is 11.5. The number of carbonyl (C=O) groups excluding carboxylic acids is 1. The van der Waals surface area contributed by atoms with Gasteiger partial charge in [-0.15, -0.1) is 5.10 Å². The first-order valence-corrected chi connectivity index (χ1v) is 7.49. The summed E-state index contributed by atoms with van der Waals surface area (Å²) in [6.07, 6.45) is 2.40. The molecule has 0 radical (unpaired) electrons. The molecule has 1 aromatic carbocycles. The third-order valence-corrected chi connectivity index (χ3v) is 3.58. The van der Waals surface area contributed by atoms with E-state index in [-0.39, 0.29) is 23.1 Å². The number of anilines is 2. The van der Waals surface area contributed by atoms with E-state index in [1.807, 2.05) is 0 Å². The SMILES string of the molecule is CS(=O)(=O)c1ccccc1NC(=O)Cn1cnc(N)n1. The van der Waals surface area contributed by atoms with Gasteiger partial charge in [0.2, 0.25) is 11.9 Å². The largest absolute Gasteiger partial charge is 0.367 e. The minimum Gasteiger partial charge on any atom is -0.367 e. The van der Waals surface area contributed by atoms with Crippen LogP contribution < -0.4 is 11.1 Å². The van der Waals surface area contributed by atoms with Crippen LogP contribution in [0.4, 0.5) is 11.6 Å². The molecule has 0 bridgehead atoms. The number of para-hydroxylation sites is 1. The fourth-order valence-corrected chi connectivity index (χ4v) is 2.46. The van der Waals surface area contributed by atoms with Gasteiger partial charge in [0.15, 0.2) is 9.84 Å². The summed E-state index contributed by atoms with van der Waals surface area (Å²) in [6, 6.07) is 6.17. The van der Waals surface area contributed by atoms with Gasteiger partial charge in [0.1, 0.15) is 12.9 Å². The molecular formula is C11H13N5O3S. The molecule has 0 saturated carbocycles. The first-order chi connectivity index (χ1) is 9.36. The predicted molar refractivity (Wildman–Crippen MR) is 72.6 cm³/mol. The van der Waals surface area contributed by atoms with Crippen LogP contribution in [0.25, 0.3) is 0 Å². The highest BCUT2D eigenvalue weighted by Gasteiger charge is 2.14. The van der Waals surface area contributed by atoms with Crippen molar-refractivity contribution in [2.75, 3.05) is 17.3 Å². The molecule has 0 atom stereocenters. The maximum Gasteiger partial charge on any atom is 0.246 e. The molecule has 2 aromatic rings. The van der Waals surface area contributed by atoms with Crippen molar-refractivity contribution in [3.05, 3.63) is 30.6 Å². The van der Waals surface area contributed by atoms with Crippen LogP contribution in [-0.2, 0) is 21.2 Å². The lowest BCUT2D eigenvalue weighted by Gasteiger charge is -2.09. The molecule has 2 rings (SSSR count). The van der Waals surface area contributed by atoms with Crippen molar-refractivity contribution in [1.82, 2.24) is 14.8 Å². The van der Waals surface area contributed by atoms with Crippen molar-refractivity contribution >= 4 is 27.4 Å². The number of nitrogens with two attached hydrogens (primary N) is 1. The lowest BCUT2D eigenvalue weighted by molar-refractivity contribution is -0.116. The standard InChI is InChI=1S/C11H13N5O3S/c1-20(18,19)9-5-3-2-4-8(9)14-10(17)6-16-7-13-11(12)15-16/h2-5,7H,6H2,1H3,(H2,12,15)(H,14,17). The van der Waals surface area contributed by atoms with Gasteiger partial charge in [-0.25, -0.2) is 18.1 Å². The fraction of sp³-hybridized carbons (Fsp3) is 0.182. The van der Waals surface area contributed by atoms with Gasteiger partial charge in [-0.3, -0.25) is 4.79 Å². The normalized spacial score (nSPS) is 11.2. The monoisotopic (exact) mass is 295 g/mol. The summed E-state index contributed by atoms with van der Waals surface area (Å²) in [5.41, 5.74) is 5.56. The van der Waals surface area contributed by atoms with E-state index < -0.39 is 15.7 Å². The summed E-state index contributed by atoms with van der Waals surface area (Å²) in [5, 5.41) is 6.29. The van der Waals surface area contributed by atoms with E-state index in [9.17, 15) is 13.2 Å². The van der Waals surface area contributed by atoms with E-state index in [1.165, 1.54) is 23.1 Å². The van der Waals surface area contributed by atoms with Crippen molar-refractivity contribution in [1.29, 1.82) is 0 Å². The number of sulfone groups is 1. The Hall–Kier alpha value is -2.42. The molecule has 106 valence electrons. The Kier molecular flexibility index (Phi) is 3.70. The number of carbonyl (C=O) groups is 1.